The van der Waals surface area contributed by atoms with Crippen molar-refractivity contribution in [2.24, 2.45) is 5.92 Å². The Hall–Kier alpha value is 0.648. The van der Waals surface area contributed by atoms with Crippen LogP contribution in [0.25, 0.3) is 0 Å². The maximum atomic E-state index is 2.53. The van der Waals surface area contributed by atoms with Crippen LogP contribution in [0.1, 0.15) is 12.8 Å². The van der Waals surface area contributed by atoms with E-state index in [-0.39, 0.29) is 21.1 Å². The van der Waals surface area contributed by atoms with Gasteiger partial charge in [0.1, 0.15) is 0 Å². The number of nitrogens with zero attached hydrogens (tertiary/aromatic N) is 1. The van der Waals surface area contributed by atoms with E-state index in [1.165, 1.54) is 32.5 Å². The molecule has 3 heterocycles. The molecule has 3 saturated heterocycles. The van der Waals surface area contributed by atoms with Crippen molar-refractivity contribution in [3.05, 3.63) is 6.42 Å². The summed E-state index contributed by atoms with van der Waals surface area (Å²) in [5.41, 5.74) is 0. The third-order valence-corrected chi connectivity index (χ3v) is 2.33. The molecule has 0 saturated carbocycles. The predicted molar refractivity (Wildman–Crippen MR) is 33.5 cm³/mol. The average molecular weight is 206 g/mol. The topological polar surface area (TPSA) is 3.24 Å². The van der Waals surface area contributed by atoms with E-state index in [9.17, 15) is 0 Å². The fraction of sp³-hybridized carbons (Fsp3) is 0.857. The van der Waals surface area contributed by atoms with Gasteiger partial charge in [-0.15, -0.1) is 6.54 Å². The van der Waals surface area contributed by atoms with Gasteiger partial charge < -0.3 is 11.3 Å². The Morgan fingerprint density at radius 2 is 1.89 bits per heavy atom. The SMILES string of the molecule is [CH-]1CN2CCC1CC2.[Mo]. The minimum Gasteiger partial charge on any atom is -0.333 e. The molecule has 3 aliphatic heterocycles. The first-order chi connectivity index (χ1) is 3.95. The number of fused-ring (bicyclic) bond motifs is 3. The zero-order valence-electron chi connectivity index (χ0n) is 5.55. The van der Waals surface area contributed by atoms with Gasteiger partial charge in [0.25, 0.3) is 0 Å². The van der Waals surface area contributed by atoms with Crippen LogP contribution < -0.4 is 0 Å². The number of hydrogen-bond donors (Lipinski definition) is 0. The first-order valence-electron chi connectivity index (χ1n) is 3.51. The molecule has 2 heteroatoms. The summed E-state index contributed by atoms with van der Waals surface area (Å²) in [6.07, 6.45) is 5.33. The molecule has 0 spiro atoms. The molecule has 52 valence electrons. The number of piperidine rings is 3. The van der Waals surface area contributed by atoms with Gasteiger partial charge in [-0.2, -0.15) is 5.92 Å². The zero-order valence-corrected chi connectivity index (χ0v) is 7.55. The van der Waals surface area contributed by atoms with E-state index >= 15 is 0 Å². The van der Waals surface area contributed by atoms with Gasteiger partial charge in [0.05, 0.1) is 0 Å². The molecule has 0 amide bonds. The molecular formula is C7H12MoN-. The second kappa shape index (κ2) is 3.16. The molecule has 9 heavy (non-hydrogen) atoms. The summed E-state index contributed by atoms with van der Waals surface area (Å²) in [7, 11) is 0. The van der Waals surface area contributed by atoms with Gasteiger partial charge in [-0.25, -0.2) is 0 Å². The number of rotatable bonds is 0. The maximum absolute atomic E-state index is 2.53. The van der Waals surface area contributed by atoms with Crippen LogP contribution in [0.2, 0.25) is 0 Å². The molecule has 0 aromatic carbocycles. The van der Waals surface area contributed by atoms with Gasteiger partial charge >= 0.3 is 0 Å². The number of hydrogen-bond acceptors (Lipinski definition) is 1. The van der Waals surface area contributed by atoms with Crippen LogP contribution in [-0.2, 0) is 21.1 Å². The summed E-state index contributed by atoms with van der Waals surface area (Å²) in [5, 5.41) is 0. The van der Waals surface area contributed by atoms with Crippen LogP contribution in [0.5, 0.6) is 0 Å². The van der Waals surface area contributed by atoms with E-state index < -0.39 is 0 Å². The van der Waals surface area contributed by atoms with Crippen LogP contribution in [0.15, 0.2) is 0 Å². The van der Waals surface area contributed by atoms with Crippen LogP contribution in [0.3, 0.4) is 0 Å². The molecule has 0 aromatic rings. The largest absolute Gasteiger partial charge is 0.333 e. The van der Waals surface area contributed by atoms with E-state index in [0.717, 1.165) is 5.92 Å². The molecule has 1 nitrogen and oxygen atoms in total. The van der Waals surface area contributed by atoms with E-state index in [2.05, 4.69) is 11.3 Å². The second-order valence-electron chi connectivity index (χ2n) is 2.87. The molecule has 0 atom stereocenters. The minimum absolute atomic E-state index is 0. The Kier molecular flexibility index (Phi) is 2.72. The van der Waals surface area contributed by atoms with Crippen molar-refractivity contribution in [2.45, 2.75) is 12.8 Å². The van der Waals surface area contributed by atoms with Crippen LogP contribution in [0.4, 0.5) is 0 Å². The van der Waals surface area contributed by atoms with Crippen molar-refractivity contribution in [3.63, 3.8) is 0 Å². The molecule has 3 rings (SSSR count). The fourth-order valence-corrected chi connectivity index (χ4v) is 1.67. The van der Waals surface area contributed by atoms with Crippen molar-refractivity contribution in [2.75, 3.05) is 19.6 Å². The first-order valence-corrected chi connectivity index (χ1v) is 3.51. The van der Waals surface area contributed by atoms with E-state index in [0.29, 0.717) is 0 Å². The molecule has 3 aliphatic rings. The van der Waals surface area contributed by atoms with Crippen molar-refractivity contribution in [1.29, 1.82) is 0 Å². The van der Waals surface area contributed by atoms with E-state index in [1.54, 1.807) is 0 Å². The summed E-state index contributed by atoms with van der Waals surface area (Å²) < 4.78 is 0. The van der Waals surface area contributed by atoms with E-state index in [4.69, 9.17) is 0 Å². The summed E-state index contributed by atoms with van der Waals surface area (Å²) >= 11 is 0. The van der Waals surface area contributed by atoms with Crippen molar-refractivity contribution in [1.82, 2.24) is 4.90 Å². The minimum atomic E-state index is 0. The Labute approximate surface area is 71.1 Å². The molecule has 3 fully saturated rings. The van der Waals surface area contributed by atoms with Gasteiger partial charge in [0.2, 0.25) is 0 Å². The van der Waals surface area contributed by atoms with E-state index in [1.807, 2.05) is 0 Å². The van der Waals surface area contributed by atoms with Gasteiger partial charge in [0.15, 0.2) is 0 Å². The molecule has 2 bridgehead atoms. The van der Waals surface area contributed by atoms with Crippen molar-refractivity contribution < 1.29 is 21.1 Å². The Bertz CT molecular complexity index is 63.9. The van der Waals surface area contributed by atoms with Crippen molar-refractivity contribution in [3.8, 4) is 0 Å². The summed E-state index contributed by atoms with van der Waals surface area (Å²) in [6, 6.07) is 0. The Morgan fingerprint density at radius 1 is 1.22 bits per heavy atom. The van der Waals surface area contributed by atoms with Crippen LogP contribution in [0, 0.1) is 12.3 Å². The van der Waals surface area contributed by atoms with Gasteiger partial charge in [-0.1, -0.05) is 12.8 Å². The molecule has 0 aliphatic carbocycles. The van der Waals surface area contributed by atoms with Crippen LogP contribution >= 0.6 is 0 Å². The molecular weight excluding hydrogens is 194 g/mol. The quantitative estimate of drug-likeness (QED) is 0.420. The van der Waals surface area contributed by atoms with Crippen molar-refractivity contribution >= 4 is 0 Å². The average Bonchev–Trinajstić information content (AvgIpc) is 1.92. The fourth-order valence-electron chi connectivity index (χ4n) is 1.67. The smallest absolute Gasteiger partial charge is 0 e. The third-order valence-electron chi connectivity index (χ3n) is 2.33. The Balaban J connectivity index is 0.000000405. The van der Waals surface area contributed by atoms with Crippen LogP contribution in [-0.4, -0.2) is 24.5 Å². The predicted octanol–water partition coefficient (Wildman–Crippen LogP) is 0.914. The Morgan fingerprint density at radius 3 is 2.00 bits per heavy atom. The zero-order chi connectivity index (χ0) is 5.40. The summed E-state index contributed by atoms with van der Waals surface area (Å²) in [6.45, 7) is 3.99. The first kappa shape index (κ1) is 7.75. The molecule has 0 N–H and O–H groups in total. The maximum Gasteiger partial charge on any atom is 0 e. The molecule has 0 radical (unpaired) electrons. The second-order valence-corrected chi connectivity index (χ2v) is 2.87. The monoisotopic (exact) mass is 208 g/mol. The van der Waals surface area contributed by atoms with Gasteiger partial charge in [-0.3, -0.25) is 0 Å². The summed E-state index contributed by atoms with van der Waals surface area (Å²) in [5.74, 6) is 0.986. The van der Waals surface area contributed by atoms with Gasteiger partial charge in [0, 0.05) is 21.1 Å². The molecule has 0 unspecified atom stereocenters. The summed E-state index contributed by atoms with van der Waals surface area (Å²) in [4.78, 5) is 2.53. The molecule has 0 aromatic heterocycles. The third kappa shape index (κ3) is 1.56. The normalized spacial score (nSPS) is 40.0. The van der Waals surface area contributed by atoms with Gasteiger partial charge in [-0.05, 0) is 13.1 Å². The standard InChI is InChI=1S/C7H12N.Mo/c1-4-8-5-2-7(1)3-6-8;/h1,7H,2-6H2;/q-1;.